The lowest BCUT2D eigenvalue weighted by atomic mass is 10.1. The molecular formula is C21H20FN5O4. The van der Waals surface area contributed by atoms with E-state index in [2.05, 4.69) is 14.9 Å². The number of anilines is 2. The molecule has 1 aromatic carbocycles. The van der Waals surface area contributed by atoms with E-state index in [1.54, 1.807) is 17.0 Å². The number of aromatic carboxylic acids is 1. The van der Waals surface area contributed by atoms with Gasteiger partial charge in [-0.25, -0.2) is 19.2 Å². The van der Waals surface area contributed by atoms with E-state index in [1.165, 1.54) is 12.5 Å². The summed E-state index contributed by atoms with van der Waals surface area (Å²) in [7, 11) is 0. The van der Waals surface area contributed by atoms with E-state index in [0.29, 0.717) is 43.1 Å². The van der Waals surface area contributed by atoms with E-state index in [-0.39, 0.29) is 23.6 Å². The van der Waals surface area contributed by atoms with Gasteiger partial charge >= 0.3 is 5.97 Å². The maximum absolute atomic E-state index is 15.3. The average molecular weight is 425 g/mol. The molecule has 0 radical (unpaired) electrons. The Morgan fingerprint density at radius 2 is 1.87 bits per heavy atom. The summed E-state index contributed by atoms with van der Waals surface area (Å²) < 4.78 is 22.9. The molecule has 3 aromatic rings. The molecule has 1 N–H and O–H groups in total. The van der Waals surface area contributed by atoms with Crippen molar-refractivity contribution in [1.29, 1.82) is 0 Å². The number of halogens is 1. The largest absolute Gasteiger partial charge is 0.487 e. The van der Waals surface area contributed by atoms with Gasteiger partial charge in [0.1, 0.15) is 24.2 Å². The lowest BCUT2D eigenvalue weighted by molar-refractivity contribution is 0.0694. The molecule has 1 atom stereocenters. The molecule has 1 fully saturated rings. The Labute approximate surface area is 176 Å². The fourth-order valence-electron chi connectivity index (χ4n) is 4.30. The van der Waals surface area contributed by atoms with Gasteiger partial charge in [0, 0.05) is 32.4 Å². The number of ether oxygens (including phenoxy) is 1. The number of hydrogen-bond donors (Lipinski definition) is 1. The zero-order valence-electron chi connectivity index (χ0n) is 16.8. The van der Waals surface area contributed by atoms with E-state index in [0.717, 1.165) is 11.8 Å². The summed E-state index contributed by atoms with van der Waals surface area (Å²) in [6.07, 6.45) is 6.29. The van der Waals surface area contributed by atoms with Gasteiger partial charge in [0.05, 0.1) is 35.0 Å². The van der Waals surface area contributed by atoms with Crippen LogP contribution in [-0.2, 0) is 0 Å². The van der Waals surface area contributed by atoms with Crippen LogP contribution in [0.3, 0.4) is 0 Å². The van der Waals surface area contributed by atoms with Crippen LogP contribution in [0.2, 0.25) is 0 Å². The summed E-state index contributed by atoms with van der Waals surface area (Å²) in [6.45, 7) is 4.49. The van der Waals surface area contributed by atoms with Crippen LogP contribution in [0.25, 0.3) is 10.9 Å². The minimum Gasteiger partial charge on any atom is -0.487 e. The van der Waals surface area contributed by atoms with Crippen molar-refractivity contribution in [3.8, 4) is 5.75 Å². The fraction of sp³-hybridized carbons (Fsp3) is 0.333. The van der Waals surface area contributed by atoms with Gasteiger partial charge in [-0.15, -0.1) is 0 Å². The summed E-state index contributed by atoms with van der Waals surface area (Å²) in [5.41, 5.74) is 0.557. The van der Waals surface area contributed by atoms with Crippen LogP contribution < -0.4 is 20.0 Å². The lowest BCUT2D eigenvalue weighted by Crippen LogP contribution is -2.47. The van der Waals surface area contributed by atoms with Crippen molar-refractivity contribution >= 4 is 28.2 Å². The van der Waals surface area contributed by atoms with Crippen LogP contribution in [0, 0.1) is 5.82 Å². The molecule has 4 heterocycles. The predicted octanol–water partition coefficient (Wildman–Crippen LogP) is 1.91. The van der Waals surface area contributed by atoms with E-state index in [9.17, 15) is 14.7 Å². The van der Waals surface area contributed by atoms with Crippen LogP contribution >= 0.6 is 0 Å². The van der Waals surface area contributed by atoms with Crippen LogP contribution in [0.5, 0.6) is 5.75 Å². The highest BCUT2D eigenvalue weighted by Crippen LogP contribution is 2.42. The first-order valence-electron chi connectivity index (χ1n) is 9.98. The Morgan fingerprint density at radius 3 is 2.55 bits per heavy atom. The van der Waals surface area contributed by atoms with Gasteiger partial charge in [-0.05, 0) is 13.0 Å². The quantitative estimate of drug-likeness (QED) is 0.679. The predicted molar refractivity (Wildman–Crippen MR) is 112 cm³/mol. The highest BCUT2D eigenvalue weighted by Gasteiger charge is 2.31. The van der Waals surface area contributed by atoms with Crippen LogP contribution in [-0.4, -0.2) is 58.4 Å². The Hall–Kier alpha value is -3.69. The van der Waals surface area contributed by atoms with Gasteiger partial charge in [0.2, 0.25) is 5.43 Å². The van der Waals surface area contributed by atoms with E-state index in [1.807, 2.05) is 11.8 Å². The number of carbonyl (C=O) groups is 1. The van der Waals surface area contributed by atoms with Crippen molar-refractivity contribution < 1.29 is 19.0 Å². The molecule has 9 nitrogen and oxygen atoms in total. The lowest BCUT2D eigenvalue weighted by Gasteiger charge is -2.38. The molecule has 0 unspecified atom stereocenters. The summed E-state index contributed by atoms with van der Waals surface area (Å²) in [6, 6.07) is 0.945. The first kappa shape index (κ1) is 19.3. The molecule has 2 aliphatic heterocycles. The maximum Gasteiger partial charge on any atom is 0.341 e. The smallest absolute Gasteiger partial charge is 0.341 e. The van der Waals surface area contributed by atoms with Crippen molar-refractivity contribution in [3.05, 3.63) is 52.6 Å². The molecule has 2 aromatic heterocycles. The topological polar surface area (TPSA) is 101 Å². The van der Waals surface area contributed by atoms with Crippen molar-refractivity contribution in [1.82, 2.24) is 14.5 Å². The van der Waals surface area contributed by atoms with Gasteiger partial charge in [0.25, 0.3) is 0 Å². The number of rotatable bonds is 3. The molecule has 160 valence electrons. The number of aromatic nitrogens is 3. The molecule has 0 spiro atoms. The van der Waals surface area contributed by atoms with Crippen molar-refractivity contribution in [3.63, 3.8) is 0 Å². The zero-order valence-corrected chi connectivity index (χ0v) is 16.8. The van der Waals surface area contributed by atoms with Crippen molar-refractivity contribution in [2.75, 3.05) is 42.6 Å². The third-order valence-electron chi connectivity index (χ3n) is 5.88. The van der Waals surface area contributed by atoms with E-state index in [4.69, 9.17) is 4.74 Å². The normalized spacial score (nSPS) is 18.2. The van der Waals surface area contributed by atoms with E-state index < -0.39 is 17.2 Å². The summed E-state index contributed by atoms with van der Waals surface area (Å²) in [5.74, 6) is -1.64. The van der Waals surface area contributed by atoms with Crippen LogP contribution in [0.15, 0.2) is 35.8 Å². The third kappa shape index (κ3) is 3.06. The Kier molecular flexibility index (Phi) is 4.49. The summed E-state index contributed by atoms with van der Waals surface area (Å²) >= 11 is 0. The summed E-state index contributed by atoms with van der Waals surface area (Å²) in [5, 5.41) is 9.42. The highest BCUT2D eigenvalue weighted by molar-refractivity contribution is 5.97. The van der Waals surface area contributed by atoms with Crippen LogP contribution in [0.1, 0.15) is 23.3 Å². The number of pyridine rings is 1. The van der Waals surface area contributed by atoms with E-state index >= 15 is 4.39 Å². The molecule has 0 amide bonds. The number of carboxylic acids is 1. The van der Waals surface area contributed by atoms with Gasteiger partial charge in [-0.2, -0.15) is 0 Å². The molecule has 0 aliphatic carbocycles. The Morgan fingerprint density at radius 1 is 1.19 bits per heavy atom. The van der Waals surface area contributed by atoms with Crippen LogP contribution in [0.4, 0.5) is 15.8 Å². The molecule has 0 saturated carbocycles. The minimum atomic E-state index is -1.33. The number of benzene rings is 1. The number of nitrogens with zero attached hydrogens (tertiary/aromatic N) is 5. The molecule has 2 aliphatic rings. The molecule has 5 rings (SSSR count). The number of piperazine rings is 1. The standard InChI is InChI=1S/C21H20FN5O4/c1-12-10-31-20-17-14(19(28)15(21(29)30)9-27(12)17)6-16(22)18(20)26-4-2-25(3-5-26)13-7-23-11-24-8-13/h6-9,11-12H,2-5,10H2,1H3,(H,29,30)/t12-/m0/s1. The second-order valence-electron chi connectivity index (χ2n) is 7.75. The zero-order chi connectivity index (χ0) is 21.7. The first-order valence-corrected chi connectivity index (χ1v) is 9.98. The second-order valence-corrected chi connectivity index (χ2v) is 7.75. The third-order valence-corrected chi connectivity index (χ3v) is 5.88. The first-order chi connectivity index (χ1) is 15.0. The molecule has 10 heteroatoms. The molecule has 1 saturated heterocycles. The Balaban J connectivity index is 1.58. The molecule has 31 heavy (non-hydrogen) atoms. The highest BCUT2D eigenvalue weighted by atomic mass is 19.1. The summed E-state index contributed by atoms with van der Waals surface area (Å²) in [4.78, 5) is 36.4. The van der Waals surface area contributed by atoms with Gasteiger partial charge in [0.15, 0.2) is 11.6 Å². The SMILES string of the molecule is C[C@H]1COc2c(N3CCN(c4cncnc4)CC3)c(F)cc3c(=O)c(C(=O)O)cn1c23. The van der Waals surface area contributed by atoms with Crippen molar-refractivity contribution in [2.24, 2.45) is 0 Å². The van der Waals surface area contributed by atoms with Crippen molar-refractivity contribution in [2.45, 2.75) is 13.0 Å². The number of hydrogen-bond acceptors (Lipinski definition) is 7. The fourth-order valence-corrected chi connectivity index (χ4v) is 4.30. The Bertz CT molecular complexity index is 1240. The molecule has 0 bridgehead atoms. The molecular weight excluding hydrogens is 405 g/mol. The average Bonchev–Trinajstić information content (AvgIpc) is 2.78. The maximum atomic E-state index is 15.3. The monoisotopic (exact) mass is 425 g/mol. The van der Waals surface area contributed by atoms with Gasteiger partial charge in [-0.1, -0.05) is 0 Å². The van der Waals surface area contributed by atoms with Gasteiger partial charge < -0.3 is 24.2 Å². The number of carboxylic acid groups (broad SMARTS) is 1. The second kappa shape index (κ2) is 7.22. The van der Waals surface area contributed by atoms with Gasteiger partial charge in [-0.3, -0.25) is 4.79 Å². The minimum absolute atomic E-state index is 0.0165.